The Labute approximate surface area is 173 Å². The highest BCUT2D eigenvalue weighted by Crippen LogP contribution is 2.20. The SMILES string of the molecule is CCCCCCC(CCC(CC(CCCCCCCC(=O)O)OC)OC)OC. The Hall–Kier alpha value is -0.650. The zero-order chi connectivity index (χ0) is 21.0. The Kier molecular flexibility index (Phi) is 19.2. The van der Waals surface area contributed by atoms with Crippen LogP contribution < -0.4 is 0 Å². The Balaban J connectivity index is 3.98. The van der Waals surface area contributed by atoms with Crippen LogP contribution in [-0.4, -0.2) is 50.7 Å². The zero-order valence-corrected chi connectivity index (χ0v) is 18.9. The molecule has 0 saturated heterocycles. The number of rotatable bonds is 21. The van der Waals surface area contributed by atoms with E-state index in [0.29, 0.717) is 6.10 Å². The summed E-state index contributed by atoms with van der Waals surface area (Å²) in [5.74, 6) is -0.693. The second-order valence-corrected chi connectivity index (χ2v) is 7.94. The maximum atomic E-state index is 10.5. The fraction of sp³-hybridized carbons (Fsp3) is 0.957. The van der Waals surface area contributed by atoms with Crippen molar-refractivity contribution in [3.8, 4) is 0 Å². The van der Waals surface area contributed by atoms with Crippen molar-refractivity contribution in [2.75, 3.05) is 21.3 Å². The van der Waals surface area contributed by atoms with E-state index in [4.69, 9.17) is 19.3 Å². The van der Waals surface area contributed by atoms with E-state index < -0.39 is 5.97 Å². The molecule has 5 heteroatoms. The van der Waals surface area contributed by atoms with Crippen LogP contribution in [0.25, 0.3) is 0 Å². The molecule has 0 rings (SSSR count). The van der Waals surface area contributed by atoms with Gasteiger partial charge >= 0.3 is 5.97 Å². The van der Waals surface area contributed by atoms with Gasteiger partial charge < -0.3 is 19.3 Å². The van der Waals surface area contributed by atoms with Crippen molar-refractivity contribution in [3.63, 3.8) is 0 Å². The molecular formula is C23H46O5. The number of hydrogen-bond acceptors (Lipinski definition) is 4. The minimum absolute atomic E-state index is 0.216. The first kappa shape index (κ1) is 27.4. The van der Waals surface area contributed by atoms with E-state index in [2.05, 4.69) is 6.92 Å². The summed E-state index contributed by atoms with van der Waals surface area (Å²) in [6.07, 6.45) is 16.5. The largest absolute Gasteiger partial charge is 0.481 e. The first-order valence-electron chi connectivity index (χ1n) is 11.4. The van der Waals surface area contributed by atoms with Crippen LogP contribution in [0.5, 0.6) is 0 Å². The smallest absolute Gasteiger partial charge is 0.303 e. The maximum absolute atomic E-state index is 10.5. The Morgan fingerprint density at radius 1 is 0.679 bits per heavy atom. The van der Waals surface area contributed by atoms with Crippen LogP contribution in [0.15, 0.2) is 0 Å². The van der Waals surface area contributed by atoms with Gasteiger partial charge in [-0.2, -0.15) is 0 Å². The standard InChI is InChI=1S/C23H46O5/c1-5-6-7-11-14-20(26-2)17-18-22(28-4)19-21(27-3)15-12-9-8-10-13-16-23(24)25/h20-22H,5-19H2,1-4H3,(H,24,25). The van der Waals surface area contributed by atoms with Gasteiger partial charge in [-0.05, 0) is 38.5 Å². The summed E-state index contributed by atoms with van der Waals surface area (Å²) < 4.78 is 17.0. The van der Waals surface area contributed by atoms with E-state index in [1.807, 2.05) is 7.11 Å². The molecule has 3 atom stereocenters. The second-order valence-electron chi connectivity index (χ2n) is 7.94. The zero-order valence-electron chi connectivity index (χ0n) is 18.9. The lowest BCUT2D eigenvalue weighted by Gasteiger charge is -2.24. The summed E-state index contributed by atoms with van der Waals surface area (Å²) in [6.45, 7) is 2.24. The third kappa shape index (κ3) is 16.3. The average Bonchev–Trinajstić information content (AvgIpc) is 2.69. The van der Waals surface area contributed by atoms with Crippen molar-refractivity contribution in [2.24, 2.45) is 0 Å². The quantitative estimate of drug-likeness (QED) is 0.239. The fourth-order valence-corrected chi connectivity index (χ4v) is 3.69. The Morgan fingerprint density at radius 3 is 1.71 bits per heavy atom. The molecule has 0 aromatic heterocycles. The van der Waals surface area contributed by atoms with Crippen LogP contribution in [0, 0.1) is 0 Å². The van der Waals surface area contributed by atoms with Crippen molar-refractivity contribution in [1.82, 2.24) is 0 Å². The van der Waals surface area contributed by atoms with Crippen LogP contribution in [-0.2, 0) is 19.0 Å². The third-order valence-electron chi connectivity index (χ3n) is 5.63. The molecule has 0 aromatic rings. The van der Waals surface area contributed by atoms with Gasteiger partial charge in [0.05, 0.1) is 18.3 Å². The molecule has 1 N–H and O–H groups in total. The summed E-state index contributed by atoms with van der Waals surface area (Å²) in [4.78, 5) is 10.5. The maximum Gasteiger partial charge on any atom is 0.303 e. The summed E-state index contributed by atoms with van der Waals surface area (Å²) in [7, 11) is 5.40. The van der Waals surface area contributed by atoms with Crippen molar-refractivity contribution in [1.29, 1.82) is 0 Å². The van der Waals surface area contributed by atoms with Crippen molar-refractivity contribution in [2.45, 2.75) is 122 Å². The van der Waals surface area contributed by atoms with Gasteiger partial charge in [-0.1, -0.05) is 58.3 Å². The molecule has 0 heterocycles. The van der Waals surface area contributed by atoms with Gasteiger partial charge in [-0.25, -0.2) is 0 Å². The molecule has 0 radical (unpaired) electrons. The number of carboxylic acid groups (broad SMARTS) is 1. The van der Waals surface area contributed by atoms with E-state index in [-0.39, 0.29) is 18.6 Å². The lowest BCUT2D eigenvalue weighted by atomic mass is 9.98. The molecule has 5 nitrogen and oxygen atoms in total. The molecule has 0 fully saturated rings. The monoisotopic (exact) mass is 402 g/mol. The predicted octanol–water partition coefficient (Wildman–Crippen LogP) is 5.99. The number of hydrogen-bond donors (Lipinski definition) is 1. The molecule has 0 aliphatic heterocycles. The van der Waals surface area contributed by atoms with E-state index in [1.54, 1.807) is 14.2 Å². The van der Waals surface area contributed by atoms with Crippen LogP contribution >= 0.6 is 0 Å². The molecule has 28 heavy (non-hydrogen) atoms. The summed E-state index contributed by atoms with van der Waals surface area (Å²) in [6, 6.07) is 0. The number of carboxylic acids is 1. The third-order valence-corrected chi connectivity index (χ3v) is 5.63. The molecule has 0 aliphatic rings. The minimum Gasteiger partial charge on any atom is -0.481 e. The predicted molar refractivity (Wildman–Crippen MR) is 115 cm³/mol. The Bertz CT molecular complexity index is 348. The molecule has 0 amide bonds. The number of carbonyl (C=O) groups is 1. The second kappa shape index (κ2) is 19.7. The molecular weight excluding hydrogens is 356 g/mol. The number of aliphatic carboxylic acids is 1. The van der Waals surface area contributed by atoms with Crippen LogP contribution in [0.3, 0.4) is 0 Å². The van der Waals surface area contributed by atoms with E-state index >= 15 is 0 Å². The van der Waals surface area contributed by atoms with Gasteiger partial charge in [0, 0.05) is 27.8 Å². The normalized spacial score (nSPS) is 14.7. The van der Waals surface area contributed by atoms with Crippen LogP contribution in [0.1, 0.15) is 103 Å². The van der Waals surface area contributed by atoms with Gasteiger partial charge in [-0.15, -0.1) is 0 Å². The highest BCUT2D eigenvalue weighted by Gasteiger charge is 2.18. The van der Waals surface area contributed by atoms with Crippen molar-refractivity contribution < 1.29 is 24.1 Å². The van der Waals surface area contributed by atoms with E-state index in [0.717, 1.165) is 64.2 Å². The number of unbranched alkanes of at least 4 members (excludes halogenated alkanes) is 7. The van der Waals surface area contributed by atoms with Crippen LogP contribution in [0.2, 0.25) is 0 Å². The number of methoxy groups -OCH3 is 3. The lowest BCUT2D eigenvalue weighted by molar-refractivity contribution is -0.137. The minimum atomic E-state index is -0.693. The average molecular weight is 403 g/mol. The summed E-state index contributed by atoms with van der Waals surface area (Å²) in [5, 5.41) is 8.65. The number of ether oxygens (including phenoxy) is 3. The van der Waals surface area contributed by atoms with Crippen molar-refractivity contribution >= 4 is 5.97 Å². The fourth-order valence-electron chi connectivity index (χ4n) is 3.69. The van der Waals surface area contributed by atoms with Gasteiger partial charge in [0.25, 0.3) is 0 Å². The van der Waals surface area contributed by atoms with E-state index in [1.165, 1.54) is 25.7 Å². The highest BCUT2D eigenvalue weighted by molar-refractivity contribution is 5.66. The van der Waals surface area contributed by atoms with Crippen LogP contribution in [0.4, 0.5) is 0 Å². The van der Waals surface area contributed by atoms with Gasteiger partial charge in [0.2, 0.25) is 0 Å². The lowest BCUT2D eigenvalue weighted by Crippen LogP contribution is -2.23. The topological polar surface area (TPSA) is 65.0 Å². The molecule has 0 aromatic carbocycles. The first-order valence-corrected chi connectivity index (χ1v) is 11.4. The van der Waals surface area contributed by atoms with Gasteiger partial charge in [0.15, 0.2) is 0 Å². The molecule has 0 saturated carbocycles. The molecule has 3 unspecified atom stereocenters. The molecule has 0 bridgehead atoms. The highest BCUT2D eigenvalue weighted by atomic mass is 16.5. The first-order chi connectivity index (χ1) is 13.6. The molecule has 0 aliphatic carbocycles. The summed E-state index contributed by atoms with van der Waals surface area (Å²) >= 11 is 0. The van der Waals surface area contributed by atoms with Crippen molar-refractivity contribution in [3.05, 3.63) is 0 Å². The Morgan fingerprint density at radius 2 is 1.14 bits per heavy atom. The van der Waals surface area contributed by atoms with Gasteiger partial charge in [-0.3, -0.25) is 4.79 Å². The van der Waals surface area contributed by atoms with Gasteiger partial charge in [0.1, 0.15) is 0 Å². The molecule has 0 spiro atoms. The van der Waals surface area contributed by atoms with E-state index in [9.17, 15) is 4.79 Å². The molecule has 168 valence electrons. The summed E-state index contributed by atoms with van der Waals surface area (Å²) in [5.41, 5.74) is 0.